The van der Waals surface area contributed by atoms with E-state index in [2.05, 4.69) is 14.9 Å². The molecule has 0 radical (unpaired) electrons. The number of hydrogen-bond acceptors (Lipinski definition) is 5. The fourth-order valence-electron chi connectivity index (χ4n) is 2.11. The molecule has 2 heterocycles. The molecule has 0 saturated heterocycles. The van der Waals surface area contributed by atoms with Gasteiger partial charge in [-0.2, -0.15) is 0 Å². The average Bonchev–Trinajstić information content (AvgIpc) is 2.89. The molecule has 5 nitrogen and oxygen atoms in total. The minimum atomic E-state index is -4.73. The maximum absolute atomic E-state index is 12.2. The van der Waals surface area contributed by atoms with Gasteiger partial charge >= 0.3 is 6.36 Å². The van der Waals surface area contributed by atoms with E-state index in [1.165, 1.54) is 24.3 Å². The SMILES string of the molecule is Nc1onc(-c2ccc(OC(F)(F)F)cc2)c1-c1ccncc1. The summed E-state index contributed by atoms with van der Waals surface area (Å²) in [5.74, 6) is -0.204. The second-order valence-corrected chi connectivity index (χ2v) is 4.58. The number of anilines is 1. The summed E-state index contributed by atoms with van der Waals surface area (Å²) in [6.07, 6.45) is -1.56. The number of benzene rings is 1. The molecule has 0 unspecified atom stereocenters. The first-order valence-electron chi connectivity index (χ1n) is 6.46. The first-order valence-corrected chi connectivity index (χ1v) is 6.46. The summed E-state index contributed by atoms with van der Waals surface area (Å²) < 4.78 is 45.4. The average molecular weight is 321 g/mol. The molecular weight excluding hydrogens is 311 g/mol. The molecule has 118 valence electrons. The number of alkyl halides is 3. The van der Waals surface area contributed by atoms with Gasteiger partial charge in [-0.1, -0.05) is 5.16 Å². The van der Waals surface area contributed by atoms with Crippen molar-refractivity contribution in [1.82, 2.24) is 10.1 Å². The van der Waals surface area contributed by atoms with Crippen LogP contribution in [0.5, 0.6) is 5.75 Å². The van der Waals surface area contributed by atoms with E-state index in [0.717, 1.165) is 5.56 Å². The van der Waals surface area contributed by atoms with Crippen molar-refractivity contribution in [2.75, 3.05) is 5.73 Å². The maximum Gasteiger partial charge on any atom is 0.573 e. The van der Waals surface area contributed by atoms with Crippen molar-refractivity contribution in [2.24, 2.45) is 0 Å². The number of rotatable bonds is 3. The Morgan fingerprint density at radius 2 is 1.61 bits per heavy atom. The van der Waals surface area contributed by atoms with Crippen LogP contribution in [0.3, 0.4) is 0 Å². The van der Waals surface area contributed by atoms with Crippen molar-refractivity contribution in [1.29, 1.82) is 0 Å². The van der Waals surface area contributed by atoms with Crippen LogP contribution < -0.4 is 10.5 Å². The van der Waals surface area contributed by atoms with Crippen molar-refractivity contribution in [3.63, 3.8) is 0 Å². The van der Waals surface area contributed by atoms with Crippen LogP contribution in [0.25, 0.3) is 22.4 Å². The first-order chi connectivity index (χ1) is 10.9. The van der Waals surface area contributed by atoms with Crippen LogP contribution in [0.4, 0.5) is 19.1 Å². The highest BCUT2D eigenvalue weighted by atomic mass is 19.4. The van der Waals surface area contributed by atoms with Gasteiger partial charge in [-0.3, -0.25) is 4.98 Å². The van der Waals surface area contributed by atoms with Crippen LogP contribution in [0.2, 0.25) is 0 Å². The van der Waals surface area contributed by atoms with Crippen molar-refractivity contribution in [2.45, 2.75) is 6.36 Å². The molecule has 2 aromatic heterocycles. The van der Waals surface area contributed by atoms with Gasteiger partial charge in [-0.05, 0) is 42.0 Å². The number of nitrogens with zero attached hydrogens (tertiary/aromatic N) is 2. The summed E-state index contributed by atoms with van der Waals surface area (Å²) in [5, 5.41) is 3.88. The molecule has 0 amide bonds. The van der Waals surface area contributed by atoms with Crippen LogP contribution in [0, 0.1) is 0 Å². The van der Waals surface area contributed by atoms with Gasteiger partial charge in [-0.15, -0.1) is 13.2 Å². The van der Waals surface area contributed by atoms with E-state index in [1.807, 2.05) is 0 Å². The van der Waals surface area contributed by atoms with Gasteiger partial charge in [0.05, 0.1) is 5.56 Å². The lowest BCUT2D eigenvalue weighted by Crippen LogP contribution is -2.16. The monoisotopic (exact) mass is 321 g/mol. The Bertz CT molecular complexity index is 799. The second kappa shape index (κ2) is 5.64. The van der Waals surface area contributed by atoms with Crippen molar-refractivity contribution < 1.29 is 22.4 Å². The third kappa shape index (κ3) is 3.25. The predicted molar refractivity (Wildman–Crippen MR) is 76.3 cm³/mol. The number of ether oxygens (including phenoxy) is 1. The van der Waals surface area contributed by atoms with Crippen LogP contribution in [-0.2, 0) is 0 Å². The molecule has 0 atom stereocenters. The molecule has 0 saturated carbocycles. The van der Waals surface area contributed by atoms with Crippen LogP contribution >= 0.6 is 0 Å². The zero-order chi connectivity index (χ0) is 16.4. The Kier molecular flexibility index (Phi) is 3.65. The van der Waals surface area contributed by atoms with Gasteiger partial charge in [0.15, 0.2) is 0 Å². The number of halogens is 3. The van der Waals surface area contributed by atoms with Crippen molar-refractivity contribution in [3.8, 4) is 28.1 Å². The number of aromatic nitrogens is 2. The smallest absolute Gasteiger partial charge is 0.406 e. The summed E-state index contributed by atoms with van der Waals surface area (Å²) in [4.78, 5) is 3.92. The lowest BCUT2D eigenvalue weighted by atomic mass is 10.0. The van der Waals surface area contributed by atoms with E-state index in [4.69, 9.17) is 10.3 Å². The molecule has 0 fully saturated rings. The third-order valence-electron chi connectivity index (χ3n) is 3.05. The van der Waals surface area contributed by atoms with Crippen molar-refractivity contribution >= 4 is 5.88 Å². The second-order valence-electron chi connectivity index (χ2n) is 4.58. The van der Waals surface area contributed by atoms with Gasteiger partial charge < -0.3 is 15.0 Å². The lowest BCUT2D eigenvalue weighted by Gasteiger charge is -2.09. The normalized spacial score (nSPS) is 11.4. The van der Waals surface area contributed by atoms with Gasteiger partial charge in [0.2, 0.25) is 5.88 Å². The lowest BCUT2D eigenvalue weighted by molar-refractivity contribution is -0.274. The molecule has 0 spiro atoms. The molecular formula is C15H10F3N3O2. The highest BCUT2D eigenvalue weighted by Gasteiger charge is 2.31. The van der Waals surface area contributed by atoms with E-state index in [0.29, 0.717) is 16.8 Å². The van der Waals surface area contributed by atoms with E-state index in [-0.39, 0.29) is 11.6 Å². The Balaban J connectivity index is 1.97. The maximum atomic E-state index is 12.2. The molecule has 23 heavy (non-hydrogen) atoms. The van der Waals surface area contributed by atoms with Crippen molar-refractivity contribution in [3.05, 3.63) is 48.8 Å². The summed E-state index contributed by atoms with van der Waals surface area (Å²) in [7, 11) is 0. The molecule has 0 bridgehead atoms. The number of nitrogens with two attached hydrogens (primary N) is 1. The van der Waals surface area contributed by atoms with Crippen LogP contribution in [0.15, 0.2) is 53.3 Å². The minimum Gasteiger partial charge on any atom is -0.406 e. The van der Waals surface area contributed by atoms with E-state index in [1.54, 1.807) is 24.5 Å². The first kappa shape index (κ1) is 14.9. The van der Waals surface area contributed by atoms with Gasteiger partial charge in [0.1, 0.15) is 11.4 Å². The van der Waals surface area contributed by atoms with Gasteiger partial charge in [0, 0.05) is 18.0 Å². The Hall–Kier alpha value is -3.03. The molecule has 0 aliphatic heterocycles. The Labute approximate surface area is 128 Å². The molecule has 2 N–H and O–H groups in total. The zero-order valence-electron chi connectivity index (χ0n) is 11.5. The van der Waals surface area contributed by atoms with Crippen LogP contribution in [-0.4, -0.2) is 16.5 Å². The quantitative estimate of drug-likeness (QED) is 0.792. The summed E-state index contributed by atoms with van der Waals surface area (Å²) in [5.41, 5.74) is 8.07. The largest absolute Gasteiger partial charge is 0.573 e. The third-order valence-corrected chi connectivity index (χ3v) is 3.05. The number of hydrogen-bond donors (Lipinski definition) is 1. The van der Waals surface area contributed by atoms with Gasteiger partial charge in [-0.25, -0.2) is 0 Å². The molecule has 8 heteroatoms. The van der Waals surface area contributed by atoms with E-state index in [9.17, 15) is 13.2 Å². The molecule has 0 aliphatic carbocycles. The number of nitrogen functional groups attached to an aromatic ring is 1. The fraction of sp³-hybridized carbons (Fsp3) is 0.0667. The molecule has 1 aromatic carbocycles. The topological polar surface area (TPSA) is 74.2 Å². The van der Waals surface area contributed by atoms with E-state index >= 15 is 0 Å². The highest BCUT2D eigenvalue weighted by Crippen LogP contribution is 2.36. The predicted octanol–water partition coefficient (Wildman–Crippen LogP) is 3.88. The molecule has 3 rings (SSSR count). The van der Waals surface area contributed by atoms with Crippen LogP contribution in [0.1, 0.15) is 0 Å². The summed E-state index contributed by atoms with van der Waals surface area (Å²) in [6.45, 7) is 0. The molecule has 0 aliphatic rings. The minimum absolute atomic E-state index is 0.113. The number of pyridine rings is 1. The fourth-order valence-corrected chi connectivity index (χ4v) is 2.11. The summed E-state index contributed by atoms with van der Waals surface area (Å²) >= 11 is 0. The standard InChI is InChI=1S/C15H10F3N3O2/c16-15(17,18)22-11-3-1-10(2-4-11)13-12(14(19)23-21-13)9-5-7-20-8-6-9/h1-8H,19H2. The Morgan fingerprint density at radius 1 is 0.957 bits per heavy atom. The summed E-state index contributed by atoms with van der Waals surface area (Å²) in [6, 6.07) is 8.75. The van der Waals surface area contributed by atoms with Gasteiger partial charge in [0.25, 0.3) is 0 Å². The van der Waals surface area contributed by atoms with E-state index < -0.39 is 6.36 Å². The molecule has 3 aromatic rings. The zero-order valence-corrected chi connectivity index (χ0v) is 11.5. The Morgan fingerprint density at radius 3 is 2.22 bits per heavy atom. The highest BCUT2D eigenvalue weighted by molar-refractivity contribution is 5.86.